The second-order valence-electron chi connectivity index (χ2n) is 6.53. The molecule has 2 atom stereocenters. The van der Waals surface area contributed by atoms with Crippen molar-refractivity contribution in [2.45, 2.75) is 12.8 Å². The normalized spacial score (nSPS) is 19.1. The van der Waals surface area contributed by atoms with Crippen LogP contribution < -0.4 is 10.4 Å². The highest BCUT2D eigenvalue weighted by atomic mass is 32.1. The number of aromatic nitrogens is 1. The van der Waals surface area contributed by atoms with Gasteiger partial charge in [-0.15, -0.1) is 11.3 Å². The maximum atomic E-state index is 12.5. The number of allylic oxidation sites excluding steroid dienone is 2. The van der Waals surface area contributed by atoms with Gasteiger partial charge in [0.15, 0.2) is 0 Å². The van der Waals surface area contributed by atoms with E-state index in [1.807, 2.05) is 54.6 Å². The molecule has 1 aliphatic rings. The van der Waals surface area contributed by atoms with Crippen LogP contribution in [0, 0.1) is 11.8 Å². The van der Waals surface area contributed by atoms with E-state index in [2.05, 4.69) is 10.3 Å². The van der Waals surface area contributed by atoms with Crippen LogP contribution in [0.2, 0.25) is 0 Å². The fourth-order valence-corrected chi connectivity index (χ4v) is 4.26. The minimum absolute atomic E-state index is 0.290. The van der Waals surface area contributed by atoms with Gasteiger partial charge in [-0.25, -0.2) is 4.98 Å². The zero-order chi connectivity index (χ0) is 18.8. The second-order valence-corrected chi connectivity index (χ2v) is 7.56. The number of carbonyl (C=O) groups is 2. The molecule has 4 rings (SSSR count). The number of rotatable bonds is 4. The first-order valence-electron chi connectivity index (χ1n) is 8.74. The van der Waals surface area contributed by atoms with Crippen LogP contribution in [-0.4, -0.2) is 16.9 Å². The van der Waals surface area contributed by atoms with E-state index in [1.165, 1.54) is 0 Å². The van der Waals surface area contributed by atoms with E-state index in [0.717, 1.165) is 20.8 Å². The highest BCUT2D eigenvalue weighted by molar-refractivity contribution is 7.21. The standard InChI is InChI=1S/C21H18N2O3S/c24-19(15-5-1-2-6-16(15)21(25)26)22-14-11-9-13(10-12-14)20-23-17-7-3-4-8-18(17)27-20/h1-4,7-12,15-16H,5-6H2,(H,22,24)(H,25,26)/p-1/t15-,16-/m0/s1. The Morgan fingerprint density at radius 3 is 2.41 bits per heavy atom. The highest BCUT2D eigenvalue weighted by Gasteiger charge is 2.29. The van der Waals surface area contributed by atoms with Crippen LogP contribution in [0.15, 0.2) is 60.7 Å². The minimum Gasteiger partial charge on any atom is -0.550 e. The lowest BCUT2D eigenvalue weighted by Crippen LogP contribution is -2.41. The summed E-state index contributed by atoms with van der Waals surface area (Å²) in [5.41, 5.74) is 2.58. The van der Waals surface area contributed by atoms with Crippen molar-refractivity contribution in [3.05, 3.63) is 60.7 Å². The molecule has 0 radical (unpaired) electrons. The first-order chi connectivity index (χ1) is 13.1. The Kier molecular flexibility index (Phi) is 4.73. The van der Waals surface area contributed by atoms with Gasteiger partial charge in [0.05, 0.1) is 16.1 Å². The van der Waals surface area contributed by atoms with E-state index < -0.39 is 17.8 Å². The summed E-state index contributed by atoms with van der Waals surface area (Å²) in [5, 5.41) is 15.0. The number of hydrogen-bond acceptors (Lipinski definition) is 5. The molecule has 0 saturated carbocycles. The number of nitrogens with zero attached hydrogens (tertiary/aromatic N) is 1. The van der Waals surface area contributed by atoms with Crippen LogP contribution in [0.4, 0.5) is 5.69 Å². The number of para-hydroxylation sites is 1. The largest absolute Gasteiger partial charge is 0.550 e. The monoisotopic (exact) mass is 377 g/mol. The van der Waals surface area contributed by atoms with Crippen molar-refractivity contribution in [2.75, 3.05) is 5.32 Å². The topological polar surface area (TPSA) is 82.1 Å². The number of carboxylic acids is 1. The Balaban J connectivity index is 1.49. The van der Waals surface area contributed by atoms with Gasteiger partial charge in [0.1, 0.15) is 5.01 Å². The van der Waals surface area contributed by atoms with Gasteiger partial charge in [0.2, 0.25) is 5.91 Å². The van der Waals surface area contributed by atoms with Crippen LogP contribution in [0.25, 0.3) is 20.8 Å². The van der Waals surface area contributed by atoms with E-state index in [1.54, 1.807) is 17.4 Å². The van der Waals surface area contributed by atoms with Crippen LogP contribution >= 0.6 is 11.3 Å². The lowest BCUT2D eigenvalue weighted by Gasteiger charge is -2.28. The number of nitrogens with one attached hydrogen (secondary N) is 1. The number of amides is 1. The fraction of sp³-hybridized carbons (Fsp3) is 0.190. The number of benzene rings is 2. The van der Waals surface area contributed by atoms with E-state index in [-0.39, 0.29) is 5.91 Å². The summed E-state index contributed by atoms with van der Waals surface area (Å²) in [6, 6.07) is 15.4. The fourth-order valence-electron chi connectivity index (χ4n) is 3.29. The van der Waals surface area contributed by atoms with Gasteiger partial charge in [-0.3, -0.25) is 4.79 Å². The Morgan fingerprint density at radius 1 is 1.00 bits per heavy atom. The zero-order valence-corrected chi connectivity index (χ0v) is 15.2. The predicted molar refractivity (Wildman–Crippen MR) is 104 cm³/mol. The third-order valence-corrected chi connectivity index (χ3v) is 5.85. The summed E-state index contributed by atoms with van der Waals surface area (Å²) in [6.45, 7) is 0. The van der Waals surface area contributed by atoms with Gasteiger partial charge in [0, 0.05) is 23.1 Å². The molecule has 0 spiro atoms. The molecular weight excluding hydrogens is 360 g/mol. The van der Waals surface area contributed by atoms with E-state index in [9.17, 15) is 14.7 Å². The first-order valence-corrected chi connectivity index (χ1v) is 9.56. The maximum Gasteiger partial charge on any atom is 0.228 e. The molecule has 0 fully saturated rings. The quantitative estimate of drug-likeness (QED) is 0.708. The molecule has 0 aliphatic heterocycles. The van der Waals surface area contributed by atoms with Gasteiger partial charge in [-0.05, 0) is 49.2 Å². The zero-order valence-electron chi connectivity index (χ0n) is 14.4. The lowest BCUT2D eigenvalue weighted by molar-refractivity contribution is -0.313. The van der Waals surface area contributed by atoms with Gasteiger partial charge in [-0.2, -0.15) is 0 Å². The molecule has 1 aromatic heterocycles. The van der Waals surface area contributed by atoms with E-state index >= 15 is 0 Å². The minimum atomic E-state index is -1.18. The summed E-state index contributed by atoms with van der Waals surface area (Å²) in [6.07, 6.45) is 4.38. The molecular formula is C21H17N2O3S-. The highest BCUT2D eigenvalue weighted by Crippen LogP contribution is 2.31. The Labute approximate surface area is 160 Å². The van der Waals surface area contributed by atoms with Crippen molar-refractivity contribution in [3.8, 4) is 10.6 Å². The summed E-state index contributed by atoms with van der Waals surface area (Å²) < 4.78 is 1.13. The molecule has 1 N–H and O–H groups in total. The third-order valence-electron chi connectivity index (χ3n) is 4.77. The molecule has 2 aromatic carbocycles. The number of carboxylic acid groups (broad SMARTS) is 1. The molecule has 1 aliphatic carbocycles. The molecule has 5 nitrogen and oxygen atoms in total. The van der Waals surface area contributed by atoms with Crippen molar-refractivity contribution in [1.82, 2.24) is 4.98 Å². The van der Waals surface area contributed by atoms with Crippen molar-refractivity contribution in [2.24, 2.45) is 11.8 Å². The number of hydrogen-bond donors (Lipinski definition) is 1. The Hall–Kier alpha value is -2.99. The molecule has 1 amide bonds. The average molecular weight is 377 g/mol. The number of thiazole rings is 1. The second kappa shape index (κ2) is 7.32. The molecule has 0 bridgehead atoms. The van der Waals surface area contributed by atoms with Crippen LogP contribution in [0.1, 0.15) is 12.8 Å². The van der Waals surface area contributed by atoms with Gasteiger partial charge in [-0.1, -0.05) is 24.3 Å². The predicted octanol–water partition coefficient (Wildman–Crippen LogP) is 3.23. The van der Waals surface area contributed by atoms with Crippen molar-refractivity contribution < 1.29 is 14.7 Å². The molecule has 0 saturated heterocycles. The van der Waals surface area contributed by atoms with Crippen LogP contribution in [0.5, 0.6) is 0 Å². The van der Waals surface area contributed by atoms with Gasteiger partial charge in [0.25, 0.3) is 0 Å². The van der Waals surface area contributed by atoms with Crippen molar-refractivity contribution in [3.63, 3.8) is 0 Å². The summed E-state index contributed by atoms with van der Waals surface area (Å²) in [5.74, 6) is -2.85. The summed E-state index contributed by atoms with van der Waals surface area (Å²) in [4.78, 5) is 28.4. The third kappa shape index (κ3) is 3.61. The average Bonchev–Trinajstić information content (AvgIpc) is 3.12. The maximum absolute atomic E-state index is 12.5. The molecule has 6 heteroatoms. The summed E-state index contributed by atoms with van der Waals surface area (Å²) in [7, 11) is 0. The Bertz CT molecular complexity index is 990. The van der Waals surface area contributed by atoms with Gasteiger partial charge < -0.3 is 15.2 Å². The number of aliphatic carboxylic acids is 1. The van der Waals surface area contributed by atoms with Crippen molar-refractivity contribution in [1.29, 1.82) is 0 Å². The molecule has 136 valence electrons. The summed E-state index contributed by atoms with van der Waals surface area (Å²) >= 11 is 1.62. The molecule has 3 aromatic rings. The van der Waals surface area contributed by atoms with E-state index in [4.69, 9.17) is 0 Å². The molecule has 1 heterocycles. The van der Waals surface area contributed by atoms with E-state index in [0.29, 0.717) is 18.5 Å². The SMILES string of the molecule is O=C([O-])[C@H]1CC=CC[C@@H]1C(=O)Nc1ccc(-c2nc3ccccc3s2)cc1. The molecule has 27 heavy (non-hydrogen) atoms. The van der Waals surface area contributed by atoms with Crippen LogP contribution in [-0.2, 0) is 9.59 Å². The number of anilines is 1. The number of fused-ring (bicyclic) bond motifs is 1. The number of carbonyl (C=O) groups excluding carboxylic acids is 2. The lowest BCUT2D eigenvalue weighted by atomic mass is 9.82. The van der Waals surface area contributed by atoms with Crippen LogP contribution in [0.3, 0.4) is 0 Å². The van der Waals surface area contributed by atoms with Crippen molar-refractivity contribution >= 4 is 39.1 Å². The Morgan fingerprint density at radius 2 is 1.70 bits per heavy atom. The smallest absolute Gasteiger partial charge is 0.228 e. The first kappa shape index (κ1) is 17.4. The molecule has 0 unspecified atom stereocenters. The van der Waals surface area contributed by atoms with Gasteiger partial charge >= 0.3 is 0 Å².